The highest BCUT2D eigenvalue weighted by Gasteiger charge is 2.31. The maximum absolute atomic E-state index is 14.6. The Bertz CT molecular complexity index is 1620. The number of sulfonamides is 1. The molecule has 1 aromatic heterocycles. The van der Waals surface area contributed by atoms with Gasteiger partial charge in [-0.25, -0.2) is 26.3 Å². The number of alkyl halides is 2. The number of hydrogen-bond acceptors (Lipinski definition) is 6. The zero-order valence-electron chi connectivity index (χ0n) is 26.2. The predicted octanol–water partition coefficient (Wildman–Crippen LogP) is 4.77. The van der Waals surface area contributed by atoms with E-state index in [1.165, 1.54) is 6.07 Å². The van der Waals surface area contributed by atoms with Crippen molar-refractivity contribution >= 4 is 26.8 Å². The van der Waals surface area contributed by atoms with Crippen LogP contribution < -0.4 is 4.72 Å². The number of rotatable bonds is 11. The first kappa shape index (κ1) is 33.4. The number of nitrogens with zero attached hydrogens (tertiary/aromatic N) is 4. The van der Waals surface area contributed by atoms with Crippen molar-refractivity contribution in [1.82, 2.24) is 24.3 Å². The molecule has 2 aromatic carbocycles. The van der Waals surface area contributed by atoms with Gasteiger partial charge in [0, 0.05) is 37.6 Å². The van der Waals surface area contributed by atoms with Gasteiger partial charge in [-0.15, -0.1) is 0 Å². The van der Waals surface area contributed by atoms with Crippen LogP contribution in [0.25, 0.3) is 22.0 Å². The van der Waals surface area contributed by atoms with Crippen LogP contribution in [0.4, 0.5) is 13.2 Å². The van der Waals surface area contributed by atoms with Gasteiger partial charge in [0.15, 0.2) is 0 Å². The standard InChI is InChI=1S/C32H42F3N5O4S/c1-5-45(42,43)37-24-7-8-25(44-19-24)17-39-11-10-21(16-39)22-12-27(29-15-36-38(4)30(29)13-22)26-9-6-23(33)14-28(26)32(41)40(20(2)3)18-31(34)35/h6,9,12-15,20-21,24-25,31,37H,5,7-8,10-11,16-19H2,1-4H3/t21-,24+,25-/m0/s1. The molecule has 0 bridgehead atoms. The number of carbonyl (C=O) groups excluding carboxylic acids is 1. The Morgan fingerprint density at radius 2 is 1.93 bits per heavy atom. The van der Waals surface area contributed by atoms with E-state index in [4.69, 9.17) is 4.74 Å². The van der Waals surface area contributed by atoms with Crippen LogP contribution in [0.3, 0.4) is 0 Å². The molecule has 0 saturated carbocycles. The number of likely N-dealkylation sites (tertiary alicyclic amines) is 1. The Morgan fingerprint density at radius 1 is 1.16 bits per heavy atom. The van der Waals surface area contributed by atoms with Gasteiger partial charge in [-0.2, -0.15) is 5.10 Å². The summed E-state index contributed by atoms with van der Waals surface area (Å²) in [5.74, 6) is -1.04. The second-order valence-corrected chi connectivity index (χ2v) is 14.4. The largest absolute Gasteiger partial charge is 0.375 e. The average molecular weight is 650 g/mol. The van der Waals surface area contributed by atoms with E-state index >= 15 is 0 Å². The molecule has 9 nitrogen and oxygen atoms in total. The minimum atomic E-state index is -3.27. The Labute approximate surface area is 262 Å². The number of aromatic nitrogens is 2. The van der Waals surface area contributed by atoms with Crippen LogP contribution in [-0.4, -0.2) is 97.1 Å². The summed E-state index contributed by atoms with van der Waals surface area (Å²) in [6, 6.07) is 7.38. The van der Waals surface area contributed by atoms with E-state index in [1.54, 1.807) is 37.7 Å². The minimum absolute atomic E-state index is 0.0196. The Morgan fingerprint density at radius 3 is 2.60 bits per heavy atom. The Hall–Kier alpha value is -3.00. The summed E-state index contributed by atoms with van der Waals surface area (Å²) in [6.07, 6.45) is 1.41. The molecule has 246 valence electrons. The first-order valence-corrected chi connectivity index (χ1v) is 17.2. The van der Waals surface area contributed by atoms with Gasteiger partial charge in [-0.1, -0.05) is 6.07 Å². The van der Waals surface area contributed by atoms with Gasteiger partial charge < -0.3 is 14.5 Å². The third kappa shape index (κ3) is 7.70. The van der Waals surface area contributed by atoms with E-state index in [2.05, 4.69) is 20.8 Å². The summed E-state index contributed by atoms with van der Waals surface area (Å²) >= 11 is 0. The molecule has 1 amide bonds. The summed E-state index contributed by atoms with van der Waals surface area (Å²) in [5, 5.41) is 5.23. The van der Waals surface area contributed by atoms with Crippen molar-refractivity contribution in [1.29, 1.82) is 0 Å². The van der Waals surface area contributed by atoms with Gasteiger partial charge in [0.05, 0.1) is 42.3 Å². The first-order chi connectivity index (χ1) is 21.3. The van der Waals surface area contributed by atoms with E-state index < -0.39 is 40.8 Å². The zero-order valence-corrected chi connectivity index (χ0v) is 27.0. The number of carbonyl (C=O) groups is 1. The van der Waals surface area contributed by atoms with Crippen LogP contribution >= 0.6 is 0 Å². The van der Waals surface area contributed by atoms with Gasteiger partial charge in [0.1, 0.15) is 5.82 Å². The molecule has 3 heterocycles. The fraction of sp³-hybridized carbons (Fsp3) is 0.562. The number of ether oxygens (including phenoxy) is 1. The van der Waals surface area contributed by atoms with Crippen molar-refractivity contribution in [3.05, 3.63) is 53.5 Å². The number of aryl methyl sites for hydroxylation is 1. The van der Waals surface area contributed by atoms with E-state index in [0.29, 0.717) is 17.7 Å². The fourth-order valence-electron chi connectivity index (χ4n) is 6.43. The molecule has 2 fully saturated rings. The Balaban J connectivity index is 1.38. The van der Waals surface area contributed by atoms with Crippen molar-refractivity contribution in [2.45, 2.75) is 70.6 Å². The van der Waals surface area contributed by atoms with E-state index in [1.807, 2.05) is 13.1 Å². The number of fused-ring (bicyclic) bond motifs is 1. The van der Waals surface area contributed by atoms with Gasteiger partial charge in [-0.3, -0.25) is 9.48 Å². The molecule has 3 atom stereocenters. The fourth-order valence-corrected chi connectivity index (χ4v) is 7.29. The summed E-state index contributed by atoms with van der Waals surface area (Å²) < 4.78 is 75.7. The lowest BCUT2D eigenvalue weighted by Crippen LogP contribution is -2.45. The van der Waals surface area contributed by atoms with Gasteiger partial charge in [-0.05, 0) is 93.5 Å². The number of amides is 1. The van der Waals surface area contributed by atoms with Crippen molar-refractivity contribution < 1.29 is 31.1 Å². The summed E-state index contributed by atoms with van der Waals surface area (Å²) in [7, 11) is -1.44. The van der Waals surface area contributed by atoms with Crippen LogP contribution in [0, 0.1) is 5.82 Å². The highest BCUT2D eigenvalue weighted by Crippen LogP contribution is 2.38. The van der Waals surface area contributed by atoms with E-state index in [9.17, 15) is 26.4 Å². The maximum atomic E-state index is 14.6. The van der Waals surface area contributed by atoms with E-state index in [0.717, 1.165) is 66.3 Å². The van der Waals surface area contributed by atoms with Crippen molar-refractivity contribution in [3.63, 3.8) is 0 Å². The molecule has 5 rings (SSSR count). The Kier molecular flexibility index (Phi) is 10.2. The number of benzene rings is 2. The lowest BCUT2D eigenvalue weighted by Gasteiger charge is -2.31. The van der Waals surface area contributed by atoms with Crippen LogP contribution in [-0.2, 0) is 21.8 Å². The number of nitrogens with one attached hydrogen (secondary N) is 1. The molecule has 13 heteroatoms. The summed E-state index contributed by atoms with van der Waals surface area (Å²) in [5.41, 5.74) is 3.12. The maximum Gasteiger partial charge on any atom is 0.255 e. The molecular weight excluding hydrogens is 607 g/mol. The second-order valence-electron chi connectivity index (χ2n) is 12.4. The normalized spacial score (nSPS) is 21.3. The predicted molar refractivity (Wildman–Crippen MR) is 167 cm³/mol. The SMILES string of the molecule is CCS(=O)(=O)N[C@@H]1CC[C@@H](CN2CC[C@H](c3cc(-c4ccc(F)cc4C(=O)N(CC(F)F)C(C)C)c4cnn(C)c4c3)C2)OC1. The topological polar surface area (TPSA) is 96.8 Å². The van der Waals surface area contributed by atoms with Gasteiger partial charge in [0.2, 0.25) is 10.0 Å². The molecule has 1 N–H and O–H groups in total. The zero-order chi connectivity index (χ0) is 32.5. The molecule has 3 aromatic rings. The monoisotopic (exact) mass is 649 g/mol. The van der Waals surface area contributed by atoms with Crippen LogP contribution in [0.5, 0.6) is 0 Å². The molecule has 0 spiro atoms. The lowest BCUT2D eigenvalue weighted by atomic mass is 9.90. The molecule has 0 aliphatic carbocycles. The van der Waals surface area contributed by atoms with Crippen LogP contribution in [0.2, 0.25) is 0 Å². The molecule has 2 saturated heterocycles. The van der Waals surface area contributed by atoms with Crippen molar-refractivity contribution in [2.24, 2.45) is 7.05 Å². The highest BCUT2D eigenvalue weighted by molar-refractivity contribution is 7.89. The van der Waals surface area contributed by atoms with Gasteiger partial charge >= 0.3 is 0 Å². The van der Waals surface area contributed by atoms with Gasteiger partial charge in [0.25, 0.3) is 12.3 Å². The minimum Gasteiger partial charge on any atom is -0.375 e. The van der Waals surface area contributed by atoms with Crippen molar-refractivity contribution in [2.75, 3.05) is 38.5 Å². The smallest absolute Gasteiger partial charge is 0.255 e. The second kappa shape index (κ2) is 13.8. The molecule has 2 aliphatic heterocycles. The lowest BCUT2D eigenvalue weighted by molar-refractivity contribution is -0.0141. The molecular formula is C32H42F3N5O4S. The molecule has 2 aliphatic rings. The number of halogens is 3. The van der Waals surface area contributed by atoms with Crippen LogP contribution in [0.1, 0.15) is 61.9 Å². The van der Waals surface area contributed by atoms with Crippen molar-refractivity contribution in [3.8, 4) is 11.1 Å². The third-order valence-electron chi connectivity index (χ3n) is 8.91. The average Bonchev–Trinajstić information content (AvgIpc) is 3.62. The van der Waals surface area contributed by atoms with E-state index in [-0.39, 0.29) is 29.4 Å². The molecule has 45 heavy (non-hydrogen) atoms. The molecule has 0 radical (unpaired) electrons. The van der Waals surface area contributed by atoms with Crippen LogP contribution in [0.15, 0.2) is 36.5 Å². The third-order valence-corrected chi connectivity index (χ3v) is 10.4. The highest BCUT2D eigenvalue weighted by atomic mass is 32.2. The number of hydrogen-bond donors (Lipinski definition) is 1. The quantitative estimate of drug-likeness (QED) is 0.322. The molecule has 0 unspecified atom stereocenters. The summed E-state index contributed by atoms with van der Waals surface area (Å²) in [6.45, 7) is 6.95. The summed E-state index contributed by atoms with van der Waals surface area (Å²) in [4.78, 5) is 17.1. The first-order valence-electron chi connectivity index (χ1n) is 15.5.